The summed E-state index contributed by atoms with van der Waals surface area (Å²) < 4.78 is 6.02. The number of hydrogen-bond donors (Lipinski definition) is 0. The maximum absolute atomic E-state index is 12.8. The van der Waals surface area contributed by atoms with Crippen molar-refractivity contribution < 1.29 is 9.21 Å². The average Bonchev–Trinajstić information content (AvgIpc) is 3.25. The molecule has 132 valence electrons. The zero-order valence-corrected chi connectivity index (χ0v) is 15.2. The van der Waals surface area contributed by atoms with Crippen LogP contribution in [0.2, 0.25) is 0 Å². The fourth-order valence-electron chi connectivity index (χ4n) is 3.62. The van der Waals surface area contributed by atoms with Crippen LogP contribution < -0.4 is 4.90 Å². The average molecular weight is 354 g/mol. The summed E-state index contributed by atoms with van der Waals surface area (Å²) in [6, 6.07) is 19.8. The molecule has 0 bridgehead atoms. The van der Waals surface area contributed by atoms with Crippen molar-refractivity contribution in [3.8, 4) is 11.5 Å². The second-order valence-electron chi connectivity index (χ2n) is 7.04. The number of benzene rings is 3. The molecular weight excluding hydrogens is 336 g/mol. The van der Waals surface area contributed by atoms with Gasteiger partial charge in [0.05, 0.1) is 6.54 Å². The van der Waals surface area contributed by atoms with Gasteiger partial charge in [0, 0.05) is 16.8 Å². The lowest BCUT2D eigenvalue weighted by atomic mass is 10.1. The summed E-state index contributed by atoms with van der Waals surface area (Å²) in [5, 5.41) is 0. The van der Waals surface area contributed by atoms with E-state index in [1.54, 1.807) is 4.90 Å². The second kappa shape index (κ2) is 5.81. The third-order valence-corrected chi connectivity index (χ3v) is 5.09. The number of fused-ring (bicyclic) bond motifs is 2. The first-order valence-electron chi connectivity index (χ1n) is 8.98. The van der Waals surface area contributed by atoms with Gasteiger partial charge in [0.25, 0.3) is 5.91 Å². The van der Waals surface area contributed by atoms with Gasteiger partial charge in [-0.25, -0.2) is 4.98 Å². The topological polar surface area (TPSA) is 46.3 Å². The molecule has 1 aromatic heterocycles. The lowest BCUT2D eigenvalue weighted by Crippen LogP contribution is -2.23. The van der Waals surface area contributed by atoms with Crippen molar-refractivity contribution in [2.24, 2.45) is 0 Å². The first kappa shape index (κ1) is 15.8. The molecule has 0 atom stereocenters. The monoisotopic (exact) mass is 354 g/mol. The van der Waals surface area contributed by atoms with Crippen LogP contribution in [0, 0.1) is 13.8 Å². The van der Waals surface area contributed by atoms with E-state index in [1.807, 2.05) is 67.6 Å². The van der Waals surface area contributed by atoms with Crippen molar-refractivity contribution in [1.82, 2.24) is 4.98 Å². The summed E-state index contributed by atoms with van der Waals surface area (Å²) in [6.45, 7) is 4.63. The molecule has 0 fully saturated rings. The number of amides is 1. The fourth-order valence-corrected chi connectivity index (χ4v) is 3.62. The number of hydrogen-bond acceptors (Lipinski definition) is 3. The Balaban J connectivity index is 1.58. The minimum atomic E-state index is 0.0339. The molecule has 0 saturated heterocycles. The van der Waals surface area contributed by atoms with Gasteiger partial charge >= 0.3 is 0 Å². The number of carbonyl (C=O) groups is 1. The van der Waals surface area contributed by atoms with Gasteiger partial charge in [0.2, 0.25) is 5.89 Å². The standard InChI is InChI=1S/C23H18N2O2/c1-14-7-9-16(10-8-14)22-24-20-12-18(11-15(2)21(20)27-22)25-13-17-5-3-4-6-19(17)23(25)26/h3-12H,13H2,1-2H3. The van der Waals surface area contributed by atoms with E-state index < -0.39 is 0 Å². The largest absolute Gasteiger partial charge is 0.436 e. The van der Waals surface area contributed by atoms with Crippen molar-refractivity contribution in [2.75, 3.05) is 4.90 Å². The van der Waals surface area contributed by atoms with E-state index in [-0.39, 0.29) is 5.91 Å². The summed E-state index contributed by atoms with van der Waals surface area (Å²) in [4.78, 5) is 19.3. The van der Waals surface area contributed by atoms with Crippen LogP contribution in [0.1, 0.15) is 27.0 Å². The van der Waals surface area contributed by atoms with Gasteiger partial charge < -0.3 is 9.32 Å². The van der Waals surface area contributed by atoms with Crippen LogP contribution in [0.25, 0.3) is 22.6 Å². The van der Waals surface area contributed by atoms with E-state index in [4.69, 9.17) is 4.42 Å². The lowest BCUT2D eigenvalue weighted by molar-refractivity contribution is 0.0996. The van der Waals surface area contributed by atoms with E-state index in [0.717, 1.165) is 39.0 Å². The number of anilines is 1. The molecule has 1 aliphatic rings. The summed E-state index contributed by atoms with van der Waals surface area (Å²) >= 11 is 0. The van der Waals surface area contributed by atoms with Crippen molar-refractivity contribution in [2.45, 2.75) is 20.4 Å². The van der Waals surface area contributed by atoms with E-state index in [9.17, 15) is 4.79 Å². The molecule has 0 aliphatic carbocycles. The molecule has 0 saturated carbocycles. The molecule has 27 heavy (non-hydrogen) atoms. The number of aromatic nitrogens is 1. The third kappa shape index (κ3) is 2.53. The number of nitrogens with zero attached hydrogens (tertiary/aromatic N) is 2. The third-order valence-electron chi connectivity index (χ3n) is 5.09. The number of carbonyl (C=O) groups excluding carboxylic acids is 1. The maximum atomic E-state index is 12.8. The van der Waals surface area contributed by atoms with Crippen molar-refractivity contribution >= 4 is 22.7 Å². The highest BCUT2D eigenvalue weighted by Crippen LogP contribution is 2.34. The molecule has 4 aromatic rings. The minimum absolute atomic E-state index is 0.0339. The number of oxazole rings is 1. The van der Waals surface area contributed by atoms with Crippen LogP contribution in [0.5, 0.6) is 0 Å². The highest BCUT2D eigenvalue weighted by molar-refractivity contribution is 6.10. The highest BCUT2D eigenvalue weighted by atomic mass is 16.3. The SMILES string of the molecule is Cc1ccc(-c2nc3cc(N4Cc5ccccc5C4=O)cc(C)c3o2)cc1. The molecule has 3 aromatic carbocycles. The predicted octanol–water partition coefficient (Wildman–Crippen LogP) is 5.27. The zero-order chi connectivity index (χ0) is 18.5. The summed E-state index contributed by atoms with van der Waals surface area (Å²) in [5.41, 5.74) is 7.32. The Labute approximate surface area is 157 Å². The van der Waals surface area contributed by atoms with Gasteiger partial charge in [-0.05, 0) is 55.3 Å². The second-order valence-corrected chi connectivity index (χ2v) is 7.04. The molecule has 0 spiro atoms. The molecule has 0 radical (unpaired) electrons. The zero-order valence-electron chi connectivity index (χ0n) is 15.2. The predicted molar refractivity (Wildman–Crippen MR) is 106 cm³/mol. The smallest absolute Gasteiger partial charge is 0.258 e. The number of aryl methyl sites for hydroxylation is 2. The van der Waals surface area contributed by atoms with E-state index in [0.29, 0.717) is 12.4 Å². The van der Waals surface area contributed by atoms with Gasteiger partial charge in [-0.15, -0.1) is 0 Å². The van der Waals surface area contributed by atoms with Crippen LogP contribution in [0.3, 0.4) is 0 Å². The Kier molecular flexibility index (Phi) is 3.41. The van der Waals surface area contributed by atoms with Gasteiger partial charge in [-0.3, -0.25) is 4.79 Å². The van der Waals surface area contributed by atoms with E-state index in [2.05, 4.69) is 11.9 Å². The Morgan fingerprint density at radius 3 is 2.56 bits per heavy atom. The van der Waals surface area contributed by atoms with Crippen LogP contribution in [0.4, 0.5) is 5.69 Å². The Bertz CT molecular complexity index is 1190. The Morgan fingerprint density at radius 1 is 1.00 bits per heavy atom. The van der Waals surface area contributed by atoms with Crippen molar-refractivity contribution in [3.05, 3.63) is 82.9 Å². The Hall–Kier alpha value is -3.40. The van der Waals surface area contributed by atoms with Crippen molar-refractivity contribution in [3.63, 3.8) is 0 Å². The molecule has 4 nitrogen and oxygen atoms in total. The van der Waals surface area contributed by atoms with Crippen LogP contribution in [0.15, 0.2) is 65.1 Å². The first-order valence-corrected chi connectivity index (χ1v) is 8.98. The molecule has 1 amide bonds. The summed E-state index contributed by atoms with van der Waals surface area (Å²) in [5.74, 6) is 0.632. The normalized spacial score (nSPS) is 13.4. The molecule has 4 heteroatoms. The van der Waals surface area contributed by atoms with E-state index >= 15 is 0 Å². The summed E-state index contributed by atoms with van der Waals surface area (Å²) in [6.07, 6.45) is 0. The fraction of sp³-hybridized carbons (Fsp3) is 0.130. The quantitative estimate of drug-likeness (QED) is 0.492. The van der Waals surface area contributed by atoms with Gasteiger partial charge in [-0.1, -0.05) is 35.9 Å². The first-order chi connectivity index (χ1) is 13.1. The summed E-state index contributed by atoms with van der Waals surface area (Å²) in [7, 11) is 0. The Morgan fingerprint density at radius 2 is 1.78 bits per heavy atom. The number of rotatable bonds is 2. The minimum Gasteiger partial charge on any atom is -0.436 e. The molecular formula is C23H18N2O2. The highest BCUT2D eigenvalue weighted by Gasteiger charge is 2.28. The van der Waals surface area contributed by atoms with Gasteiger partial charge in [0.15, 0.2) is 5.58 Å². The lowest BCUT2D eigenvalue weighted by Gasteiger charge is -2.16. The van der Waals surface area contributed by atoms with Gasteiger partial charge in [0.1, 0.15) is 5.52 Å². The van der Waals surface area contributed by atoms with Crippen molar-refractivity contribution in [1.29, 1.82) is 0 Å². The maximum Gasteiger partial charge on any atom is 0.258 e. The van der Waals surface area contributed by atoms with Gasteiger partial charge in [-0.2, -0.15) is 0 Å². The molecule has 1 aliphatic heterocycles. The molecule has 5 rings (SSSR count). The van der Waals surface area contributed by atoms with Crippen LogP contribution in [-0.2, 0) is 6.54 Å². The molecule has 0 N–H and O–H groups in total. The molecule has 0 unspecified atom stereocenters. The van der Waals surface area contributed by atoms with E-state index in [1.165, 1.54) is 5.56 Å². The molecule has 2 heterocycles. The van der Waals surface area contributed by atoms with Crippen LogP contribution >= 0.6 is 0 Å². The van der Waals surface area contributed by atoms with Crippen LogP contribution in [-0.4, -0.2) is 10.9 Å².